The zero-order chi connectivity index (χ0) is 7.40. The highest BCUT2D eigenvalue weighted by atomic mass is 16.5. The lowest BCUT2D eigenvalue weighted by Gasteiger charge is -2.26. The van der Waals surface area contributed by atoms with E-state index >= 15 is 0 Å². The van der Waals surface area contributed by atoms with Gasteiger partial charge in [0.2, 0.25) is 0 Å². The first-order valence-electron chi connectivity index (χ1n) is 3.66. The van der Waals surface area contributed by atoms with Crippen molar-refractivity contribution in [2.75, 3.05) is 0 Å². The molecule has 60 valence electrons. The molecule has 0 spiro atoms. The van der Waals surface area contributed by atoms with E-state index in [1.807, 2.05) is 0 Å². The van der Waals surface area contributed by atoms with E-state index in [4.69, 9.17) is 10.4 Å². The Kier molecular flexibility index (Phi) is 3.08. The Bertz CT molecular complexity index is 89.7. The van der Waals surface area contributed by atoms with Crippen molar-refractivity contribution in [1.29, 1.82) is 0 Å². The minimum Gasteiger partial charge on any atom is -0.317 e. The maximum Gasteiger partial charge on any atom is 0.0335 e. The van der Waals surface area contributed by atoms with Crippen molar-refractivity contribution in [2.24, 2.45) is 0 Å². The summed E-state index contributed by atoms with van der Waals surface area (Å²) < 4.78 is 0. The molecule has 2 unspecified atom stereocenters. The minimum atomic E-state index is 0.151. The monoisotopic (exact) mass is 146 g/mol. The SMILES string of the molecule is ONC1CCCC(NO)C1. The molecule has 0 aromatic carbocycles. The summed E-state index contributed by atoms with van der Waals surface area (Å²) in [5.41, 5.74) is 4.43. The van der Waals surface area contributed by atoms with Gasteiger partial charge in [0.1, 0.15) is 0 Å². The summed E-state index contributed by atoms with van der Waals surface area (Å²) in [7, 11) is 0. The van der Waals surface area contributed by atoms with Gasteiger partial charge in [-0.15, -0.1) is 0 Å². The van der Waals surface area contributed by atoms with Crippen LogP contribution in [0.1, 0.15) is 25.7 Å². The van der Waals surface area contributed by atoms with E-state index in [1.54, 1.807) is 0 Å². The van der Waals surface area contributed by atoms with Crippen LogP contribution in [-0.2, 0) is 0 Å². The molecule has 0 radical (unpaired) electrons. The highest BCUT2D eigenvalue weighted by Gasteiger charge is 2.20. The third-order valence-electron chi connectivity index (χ3n) is 2.04. The fraction of sp³-hybridized carbons (Fsp3) is 1.00. The van der Waals surface area contributed by atoms with Crippen LogP contribution in [-0.4, -0.2) is 22.5 Å². The molecule has 0 bridgehead atoms. The van der Waals surface area contributed by atoms with E-state index in [2.05, 4.69) is 11.0 Å². The molecule has 1 aliphatic carbocycles. The highest BCUT2D eigenvalue weighted by Crippen LogP contribution is 2.17. The third kappa shape index (κ3) is 1.91. The zero-order valence-electron chi connectivity index (χ0n) is 5.88. The van der Waals surface area contributed by atoms with Crippen LogP contribution in [0.2, 0.25) is 0 Å². The summed E-state index contributed by atoms with van der Waals surface area (Å²) in [6.07, 6.45) is 3.84. The summed E-state index contributed by atoms with van der Waals surface area (Å²) in [6.45, 7) is 0. The molecule has 0 aliphatic heterocycles. The second-order valence-electron chi connectivity index (χ2n) is 2.82. The van der Waals surface area contributed by atoms with E-state index in [9.17, 15) is 0 Å². The zero-order valence-corrected chi connectivity index (χ0v) is 5.88. The largest absolute Gasteiger partial charge is 0.317 e. The van der Waals surface area contributed by atoms with Gasteiger partial charge in [0.15, 0.2) is 0 Å². The summed E-state index contributed by atoms with van der Waals surface area (Å²) in [6, 6.07) is 0.303. The van der Waals surface area contributed by atoms with Gasteiger partial charge in [-0.1, -0.05) is 6.42 Å². The smallest absolute Gasteiger partial charge is 0.0335 e. The number of nitrogens with one attached hydrogen (secondary N) is 2. The molecule has 0 aromatic heterocycles. The summed E-state index contributed by atoms with van der Waals surface area (Å²) >= 11 is 0. The lowest BCUT2D eigenvalue weighted by Crippen LogP contribution is -2.39. The first kappa shape index (κ1) is 7.94. The van der Waals surface area contributed by atoms with Crippen LogP contribution in [0.25, 0.3) is 0 Å². The molecule has 1 aliphatic rings. The van der Waals surface area contributed by atoms with Crippen molar-refractivity contribution in [2.45, 2.75) is 37.8 Å². The minimum absolute atomic E-state index is 0.151. The molecule has 1 fully saturated rings. The van der Waals surface area contributed by atoms with Crippen molar-refractivity contribution in [3.05, 3.63) is 0 Å². The Morgan fingerprint density at radius 3 is 1.90 bits per heavy atom. The highest BCUT2D eigenvalue weighted by molar-refractivity contribution is 4.77. The molecule has 1 rings (SSSR count). The molecule has 0 saturated heterocycles. The molecular formula is C6H14N2O2. The van der Waals surface area contributed by atoms with Crippen LogP contribution >= 0.6 is 0 Å². The topological polar surface area (TPSA) is 64.5 Å². The van der Waals surface area contributed by atoms with E-state index in [0.29, 0.717) is 0 Å². The average molecular weight is 146 g/mol. The van der Waals surface area contributed by atoms with Gasteiger partial charge in [-0.3, -0.25) is 0 Å². The van der Waals surface area contributed by atoms with E-state index in [1.165, 1.54) is 0 Å². The van der Waals surface area contributed by atoms with Gasteiger partial charge in [-0.05, 0) is 19.3 Å². The lowest BCUT2D eigenvalue weighted by atomic mass is 9.92. The first-order chi connectivity index (χ1) is 4.86. The van der Waals surface area contributed by atoms with Gasteiger partial charge in [-0.2, -0.15) is 0 Å². The van der Waals surface area contributed by atoms with Crippen LogP contribution in [0.3, 0.4) is 0 Å². The van der Waals surface area contributed by atoms with Crippen molar-refractivity contribution in [1.82, 2.24) is 11.0 Å². The first-order valence-corrected chi connectivity index (χ1v) is 3.66. The molecule has 0 aromatic rings. The maximum absolute atomic E-state index is 8.54. The fourth-order valence-electron chi connectivity index (χ4n) is 1.42. The fourth-order valence-corrected chi connectivity index (χ4v) is 1.42. The number of hydroxylamine groups is 2. The van der Waals surface area contributed by atoms with Crippen LogP contribution in [0.15, 0.2) is 0 Å². The third-order valence-corrected chi connectivity index (χ3v) is 2.04. The predicted octanol–water partition coefficient (Wildman–Crippen LogP) is 0.255. The summed E-state index contributed by atoms with van der Waals surface area (Å²) in [5, 5.41) is 17.1. The van der Waals surface area contributed by atoms with Gasteiger partial charge in [-0.25, -0.2) is 11.0 Å². The Balaban J connectivity index is 2.25. The second kappa shape index (κ2) is 3.88. The van der Waals surface area contributed by atoms with Crippen LogP contribution in [0, 0.1) is 0 Å². The second-order valence-corrected chi connectivity index (χ2v) is 2.82. The van der Waals surface area contributed by atoms with E-state index in [0.717, 1.165) is 25.7 Å². The number of rotatable bonds is 2. The molecule has 4 nitrogen and oxygen atoms in total. The van der Waals surface area contributed by atoms with Gasteiger partial charge < -0.3 is 10.4 Å². The van der Waals surface area contributed by atoms with Crippen LogP contribution < -0.4 is 11.0 Å². The summed E-state index contributed by atoms with van der Waals surface area (Å²) in [4.78, 5) is 0. The number of hydrogen-bond donors (Lipinski definition) is 4. The van der Waals surface area contributed by atoms with Gasteiger partial charge >= 0.3 is 0 Å². The van der Waals surface area contributed by atoms with Crippen molar-refractivity contribution >= 4 is 0 Å². The normalized spacial score (nSPS) is 34.2. The molecular weight excluding hydrogens is 132 g/mol. The molecule has 0 heterocycles. The van der Waals surface area contributed by atoms with Crippen molar-refractivity contribution in [3.63, 3.8) is 0 Å². The lowest BCUT2D eigenvalue weighted by molar-refractivity contribution is 0.0595. The Morgan fingerprint density at radius 1 is 1.00 bits per heavy atom. The van der Waals surface area contributed by atoms with Gasteiger partial charge in [0.05, 0.1) is 0 Å². The molecule has 0 amide bonds. The quantitative estimate of drug-likeness (QED) is 0.422. The average Bonchev–Trinajstić information content (AvgIpc) is 2.05. The molecule has 4 heteroatoms. The van der Waals surface area contributed by atoms with Crippen LogP contribution in [0.4, 0.5) is 0 Å². The maximum atomic E-state index is 8.54. The predicted molar refractivity (Wildman–Crippen MR) is 35.9 cm³/mol. The number of hydrogen-bond acceptors (Lipinski definition) is 4. The van der Waals surface area contributed by atoms with Crippen molar-refractivity contribution in [3.8, 4) is 0 Å². The Labute approximate surface area is 60.2 Å². The van der Waals surface area contributed by atoms with Crippen molar-refractivity contribution < 1.29 is 10.4 Å². The van der Waals surface area contributed by atoms with Gasteiger partial charge in [0.25, 0.3) is 0 Å². The van der Waals surface area contributed by atoms with Gasteiger partial charge in [0, 0.05) is 12.1 Å². The Hall–Kier alpha value is -0.160. The van der Waals surface area contributed by atoms with E-state index in [-0.39, 0.29) is 12.1 Å². The molecule has 10 heavy (non-hydrogen) atoms. The Morgan fingerprint density at radius 2 is 1.50 bits per heavy atom. The molecule has 2 atom stereocenters. The molecule has 4 N–H and O–H groups in total. The summed E-state index contributed by atoms with van der Waals surface area (Å²) in [5.74, 6) is 0. The standard InChI is InChI=1S/C6H14N2O2/c9-7-5-2-1-3-6(4-5)8-10/h5-10H,1-4H2. The van der Waals surface area contributed by atoms with E-state index < -0.39 is 0 Å². The molecule has 1 saturated carbocycles. The van der Waals surface area contributed by atoms with Crippen LogP contribution in [0.5, 0.6) is 0 Å².